The summed E-state index contributed by atoms with van der Waals surface area (Å²) < 4.78 is 6.92. The monoisotopic (exact) mass is 254 g/mol. The Balaban J connectivity index is 1.76. The fourth-order valence-electron chi connectivity index (χ4n) is 2.31. The molecule has 1 aliphatic carbocycles. The second kappa shape index (κ2) is 5.92. The van der Waals surface area contributed by atoms with E-state index in [1.807, 2.05) is 0 Å². The molecular formula is C11H18N4O3. The number of aromatic carboxylic acids is 1. The topological polar surface area (TPSA) is 89.3 Å². The van der Waals surface area contributed by atoms with Crippen molar-refractivity contribution in [3.8, 4) is 0 Å². The molecule has 2 N–H and O–H groups in total. The molecule has 7 heteroatoms. The summed E-state index contributed by atoms with van der Waals surface area (Å²) in [5.41, 5.74) is -0.0226. The highest BCUT2D eigenvalue weighted by molar-refractivity contribution is 5.84. The van der Waals surface area contributed by atoms with E-state index in [9.17, 15) is 4.79 Å². The summed E-state index contributed by atoms with van der Waals surface area (Å²) in [6, 6.07) is 0.387. The summed E-state index contributed by atoms with van der Waals surface area (Å²) in [5.74, 6) is -1.05. The van der Waals surface area contributed by atoms with Crippen molar-refractivity contribution in [2.24, 2.45) is 0 Å². The molecule has 0 radical (unpaired) electrons. The molecule has 0 aromatic carbocycles. The Morgan fingerprint density at radius 1 is 1.67 bits per heavy atom. The van der Waals surface area contributed by atoms with E-state index in [0.29, 0.717) is 12.6 Å². The zero-order chi connectivity index (χ0) is 13.0. The normalized spacial score (nSPS) is 23.4. The molecule has 2 atom stereocenters. The van der Waals surface area contributed by atoms with Crippen molar-refractivity contribution in [1.82, 2.24) is 20.3 Å². The number of ether oxygens (including phenoxy) is 1. The second-order valence-electron chi connectivity index (χ2n) is 4.44. The quantitative estimate of drug-likeness (QED) is 0.750. The van der Waals surface area contributed by atoms with Crippen molar-refractivity contribution in [1.29, 1.82) is 0 Å². The van der Waals surface area contributed by atoms with Crippen molar-refractivity contribution < 1.29 is 14.6 Å². The molecule has 0 amide bonds. The molecule has 7 nitrogen and oxygen atoms in total. The van der Waals surface area contributed by atoms with Gasteiger partial charge in [0, 0.05) is 19.7 Å². The van der Waals surface area contributed by atoms with Crippen LogP contribution in [-0.2, 0) is 11.3 Å². The number of rotatable bonds is 6. The van der Waals surface area contributed by atoms with Gasteiger partial charge in [0.15, 0.2) is 5.69 Å². The van der Waals surface area contributed by atoms with Gasteiger partial charge in [-0.05, 0) is 19.3 Å². The van der Waals surface area contributed by atoms with Crippen molar-refractivity contribution in [2.75, 3.05) is 13.7 Å². The first-order valence-electron chi connectivity index (χ1n) is 6.10. The van der Waals surface area contributed by atoms with E-state index in [1.54, 1.807) is 7.11 Å². The highest BCUT2D eigenvalue weighted by Gasteiger charge is 2.26. The van der Waals surface area contributed by atoms with Gasteiger partial charge < -0.3 is 15.2 Å². The maximum absolute atomic E-state index is 10.6. The molecule has 0 aliphatic heterocycles. The van der Waals surface area contributed by atoms with E-state index in [4.69, 9.17) is 9.84 Å². The number of hydrogen-bond donors (Lipinski definition) is 2. The number of carboxylic acid groups (broad SMARTS) is 1. The van der Waals surface area contributed by atoms with E-state index in [1.165, 1.54) is 17.3 Å². The molecule has 100 valence electrons. The van der Waals surface area contributed by atoms with Crippen LogP contribution in [-0.4, -0.2) is 51.9 Å². The molecule has 0 saturated heterocycles. The molecule has 2 unspecified atom stereocenters. The SMILES string of the molecule is COC1CCCC1NCCn1cc(C(=O)O)nn1. The number of nitrogens with zero attached hydrogens (tertiary/aromatic N) is 3. The summed E-state index contributed by atoms with van der Waals surface area (Å²) in [6.45, 7) is 1.33. The number of carbonyl (C=O) groups is 1. The van der Waals surface area contributed by atoms with Gasteiger partial charge in [0.1, 0.15) is 0 Å². The lowest BCUT2D eigenvalue weighted by Crippen LogP contribution is -2.38. The summed E-state index contributed by atoms with van der Waals surface area (Å²) in [5, 5.41) is 19.4. The minimum absolute atomic E-state index is 0.0226. The molecule has 0 spiro atoms. The van der Waals surface area contributed by atoms with E-state index in [0.717, 1.165) is 19.4 Å². The predicted molar refractivity (Wildman–Crippen MR) is 63.4 cm³/mol. The highest BCUT2D eigenvalue weighted by atomic mass is 16.5. The van der Waals surface area contributed by atoms with Crippen LogP contribution < -0.4 is 5.32 Å². The molecule has 1 fully saturated rings. The first-order chi connectivity index (χ1) is 8.70. The number of nitrogens with one attached hydrogen (secondary N) is 1. The maximum atomic E-state index is 10.6. The molecule has 2 rings (SSSR count). The molecule has 1 aromatic rings. The van der Waals surface area contributed by atoms with Gasteiger partial charge in [-0.25, -0.2) is 4.79 Å². The van der Waals surface area contributed by atoms with Crippen LogP contribution in [0.3, 0.4) is 0 Å². The minimum atomic E-state index is -1.05. The third kappa shape index (κ3) is 3.05. The lowest BCUT2D eigenvalue weighted by Gasteiger charge is -2.19. The average molecular weight is 254 g/mol. The van der Waals surface area contributed by atoms with Crippen LogP contribution in [0.2, 0.25) is 0 Å². The summed E-state index contributed by atoms with van der Waals surface area (Å²) in [4.78, 5) is 10.6. The first-order valence-corrected chi connectivity index (χ1v) is 6.10. The fourth-order valence-corrected chi connectivity index (χ4v) is 2.31. The van der Waals surface area contributed by atoms with Crippen molar-refractivity contribution in [3.05, 3.63) is 11.9 Å². The lowest BCUT2D eigenvalue weighted by molar-refractivity contribution is 0.0690. The van der Waals surface area contributed by atoms with Crippen LogP contribution in [0.1, 0.15) is 29.8 Å². The van der Waals surface area contributed by atoms with Gasteiger partial charge in [0.05, 0.1) is 18.8 Å². The minimum Gasteiger partial charge on any atom is -0.476 e. The van der Waals surface area contributed by atoms with Crippen molar-refractivity contribution in [3.63, 3.8) is 0 Å². The van der Waals surface area contributed by atoms with Gasteiger partial charge in [0.2, 0.25) is 0 Å². The Kier molecular flexibility index (Phi) is 4.27. The predicted octanol–water partition coefficient (Wildman–Crippen LogP) is 0.133. The van der Waals surface area contributed by atoms with Gasteiger partial charge in [-0.15, -0.1) is 5.10 Å². The van der Waals surface area contributed by atoms with E-state index in [2.05, 4.69) is 15.6 Å². The van der Waals surface area contributed by atoms with Crippen LogP contribution in [0.4, 0.5) is 0 Å². The Hall–Kier alpha value is -1.47. The smallest absolute Gasteiger partial charge is 0.358 e. The molecular weight excluding hydrogens is 236 g/mol. The zero-order valence-electron chi connectivity index (χ0n) is 10.4. The number of aromatic nitrogens is 3. The second-order valence-corrected chi connectivity index (χ2v) is 4.44. The number of methoxy groups -OCH3 is 1. The van der Waals surface area contributed by atoms with Gasteiger partial charge in [-0.1, -0.05) is 5.21 Å². The highest BCUT2D eigenvalue weighted by Crippen LogP contribution is 2.21. The third-order valence-electron chi connectivity index (χ3n) is 3.26. The summed E-state index contributed by atoms with van der Waals surface area (Å²) in [6.07, 6.45) is 5.13. The molecule has 1 aromatic heterocycles. The van der Waals surface area contributed by atoms with Crippen LogP contribution in [0.25, 0.3) is 0 Å². The summed E-state index contributed by atoms with van der Waals surface area (Å²) >= 11 is 0. The molecule has 0 bridgehead atoms. The summed E-state index contributed by atoms with van der Waals surface area (Å²) in [7, 11) is 1.74. The Morgan fingerprint density at radius 2 is 2.50 bits per heavy atom. The van der Waals surface area contributed by atoms with Gasteiger partial charge in [0.25, 0.3) is 0 Å². The average Bonchev–Trinajstić information content (AvgIpc) is 2.97. The fraction of sp³-hybridized carbons (Fsp3) is 0.727. The van der Waals surface area contributed by atoms with Crippen molar-refractivity contribution in [2.45, 2.75) is 38.0 Å². The maximum Gasteiger partial charge on any atom is 0.358 e. The number of carboxylic acids is 1. The van der Waals surface area contributed by atoms with Gasteiger partial charge in [-0.3, -0.25) is 4.68 Å². The van der Waals surface area contributed by atoms with E-state index >= 15 is 0 Å². The van der Waals surface area contributed by atoms with Crippen LogP contribution in [0.5, 0.6) is 0 Å². The van der Waals surface area contributed by atoms with Crippen LogP contribution in [0, 0.1) is 0 Å². The van der Waals surface area contributed by atoms with E-state index in [-0.39, 0.29) is 11.8 Å². The number of hydrogen-bond acceptors (Lipinski definition) is 5. The lowest BCUT2D eigenvalue weighted by atomic mass is 10.2. The molecule has 1 heterocycles. The van der Waals surface area contributed by atoms with Gasteiger partial charge in [-0.2, -0.15) is 0 Å². The third-order valence-corrected chi connectivity index (χ3v) is 3.26. The first kappa shape index (κ1) is 13.0. The molecule has 1 aliphatic rings. The standard InChI is InChI=1S/C11H18N4O3/c1-18-10-4-2-3-8(10)12-5-6-15-7-9(11(16)17)13-14-15/h7-8,10,12H,2-6H2,1H3,(H,16,17). The Bertz CT molecular complexity index is 407. The van der Waals surface area contributed by atoms with Crippen molar-refractivity contribution >= 4 is 5.97 Å². The molecule has 1 saturated carbocycles. The molecule has 18 heavy (non-hydrogen) atoms. The van der Waals surface area contributed by atoms with Gasteiger partial charge >= 0.3 is 5.97 Å². The zero-order valence-corrected chi connectivity index (χ0v) is 10.4. The Morgan fingerprint density at radius 3 is 3.17 bits per heavy atom. The van der Waals surface area contributed by atoms with E-state index < -0.39 is 5.97 Å². The van der Waals surface area contributed by atoms with Crippen LogP contribution >= 0.6 is 0 Å². The Labute approximate surface area is 105 Å². The van der Waals surface area contributed by atoms with Crippen LogP contribution in [0.15, 0.2) is 6.20 Å². The largest absolute Gasteiger partial charge is 0.476 e.